The number of pyridine rings is 1. The number of hydrogen-bond donors (Lipinski definition) is 2. The smallest absolute Gasteiger partial charge is 0.145 e. The molecule has 160 valence electrons. The predicted octanol–water partition coefficient (Wildman–Crippen LogP) is 2.88. The summed E-state index contributed by atoms with van der Waals surface area (Å²) in [6.07, 6.45) is 9.80. The predicted molar refractivity (Wildman–Crippen MR) is 116 cm³/mol. The highest BCUT2D eigenvalue weighted by Crippen LogP contribution is 2.21. The minimum Gasteiger partial charge on any atom is -0.381 e. The van der Waals surface area contributed by atoms with Gasteiger partial charge in [0, 0.05) is 62.1 Å². The van der Waals surface area contributed by atoms with Gasteiger partial charge in [-0.25, -0.2) is 4.98 Å². The van der Waals surface area contributed by atoms with Gasteiger partial charge in [0.05, 0.1) is 18.1 Å². The van der Waals surface area contributed by atoms with E-state index in [1.165, 1.54) is 0 Å². The average molecular weight is 410 g/mol. The van der Waals surface area contributed by atoms with Gasteiger partial charge in [-0.15, -0.1) is 0 Å². The Balaban J connectivity index is 1.38. The topological polar surface area (TPSA) is 89.0 Å². The third-order valence-corrected chi connectivity index (χ3v) is 6.13. The van der Waals surface area contributed by atoms with Crippen molar-refractivity contribution in [2.24, 2.45) is 11.8 Å². The van der Waals surface area contributed by atoms with Crippen LogP contribution in [0.25, 0.3) is 11.3 Å². The van der Waals surface area contributed by atoms with E-state index < -0.39 is 0 Å². The van der Waals surface area contributed by atoms with E-state index >= 15 is 0 Å². The summed E-state index contributed by atoms with van der Waals surface area (Å²) in [5.41, 5.74) is 2.51. The van der Waals surface area contributed by atoms with Crippen molar-refractivity contribution < 1.29 is 9.53 Å². The van der Waals surface area contributed by atoms with Crippen LogP contribution >= 0.6 is 0 Å². The molecule has 2 aromatic heterocycles. The number of nitrogens with one attached hydrogen (secondary N) is 2. The van der Waals surface area contributed by atoms with Crippen LogP contribution in [0.5, 0.6) is 0 Å². The molecule has 4 heterocycles. The summed E-state index contributed by atoms with van der Waals surface area (Å²) in [5, 5.41) is 6.82. The molecule has 0 spiro atoms. The fourth-order valence-corrected chi connectivity index (χ4v) is 4.12. The Kier molecular flexibility index (Phi) is 7.02. The zero-order chi connectivity index (χ0) is 20.8. The van der Waals surface area contributed by atoms with Crippen LogP contribution in [0.2, 0.25) is 0 Å². The largest absolute Gasteiger partial charge is 0.381 e. The van der Waals surface area contributed by atoms with E-state index in [0.29, 0.717) is 18.4 Å². The van der Waals surface area contributed by atoms with E-state index in [0.717, 1.165) is 74.8 Å². The summed E-state index contributed by atoms with van der Waals surface area (Å²) >= 11 is 0. The molecule has 0 amide bonds. The molecule has 0 aromatic carbocycles. The van der Waals surface area contributed by atoms with Gasteiger partial charge in [0.15, 0.2) is 0 Å². The molecular formula is C23H31N5O2. The first-order chi connectivity index (χ1) is 14.7. The molecule has 0 radical (unpaired) electrons. The molecule has 2 saturated heterocycles. The quantitative estimate of drug-likeness (QED) is 0.727. The molecule has 7 nitrogen and oxygen atoms in total. The van der Waals surface area contributed by atoms with E-state index in [1.54, 1.807) is 18.6 Å². The molecule has 30 heavy (non-hydrogen) atoms. The number of anilines is 1. The lowest BCUT2D eigenvalue weighted by molar-refractivity contribution is -0.122. The highest BCUT2D eigenvalue weighted by Gasteiger charge is 2.24. The van der Waals surface area contributed by atoms with Gasteiger partial charge in [-0.3, -0.25) is 14.8 Å². The number of hydrogen-bond acceptors (Lipinski definition) is 7. The standard InChI is InChI=1S/C23H31N5O2/c1-16-2-3-19(13-26-16)22(29)11-20-10-18(4-7-25-20)21-14-24-15-23(28-21)27-12-17-5-8-30-9-6-17/h4,7,10,14-17,19,26H,2-3,5-6,8-9,11-13H2,1H3,(H,27,28)/t16-,19-/m1/s1. The van der Waals surface area contributed by atoms with E-state index in [2.05, 4.69) is 27.5 Å². The van der Waals surface area contributed by atoms with Crippen molar-refractivity contribution in [2.45, 2.75) is 45.1 Å². The Bertz CT molecular complexity index is 845. The highest BCUT2D eigenvalue weighted by atomic mass is 16.5. The second-order valence-electron chi connectivity index (χ2n) is 8.49. The van der Waals surface area contributed by atoms with Crippen LogP contribution in [-0.4, -0.2) is 53.1 Å². The molecule has 2 N–H and O–H groups in total. The minimum absolute atomic E-state index is 0.0872. The monoisotopic (exact) mass is 409 g/mol. The number of rotatable bonds is 7. The van der Waals surface area contributed by atoms with Crippen molar-refractivity contribution in [3.63, 3.8) is 0 Å². The van der Waals surface area contributed by atoms with Gasteiger partial charge in [0.25, 0.3) is 0 Å². The second-order valence-corrected chi connectivity index (χ2v) is 8.49. The van der Waals surface area contributed by atoms with Gasteiger partial charge in [0.1, 0.15) is 11.6 Å². The van der Waals surface area contributed by atoms with Crippen LogP contribution in [-0.2, 0) is 16.0 Å². The highest BCUT2D eigenvalue weighted by molar-refractivity contribution is 5.83. The number of aromatic nitrogens is 3. The molecule has 2 aliphatic rings. The molecule has 2 fully saturated rings. The van der Waals surface area contributed by atoms with Crippen molar-refractivity contribution in [2.75, 3.05) is 31.6 Å². The molecule has 4 rings (SSSR count). The average Bonchev–Trinajstić information content (AvgIpc) is 2.79. The number of Topliss-reactive ketones (excluding diaryl/α,β-unsaturated/α-hetero) is 1. The lowest BCUT2D eigenvalue weighted by Crippen LogP contribution is -2.40. The summed E-state index contributed by atoms with van der Waals surface area (Å²) < 4.78 is 5.42. The molecular weight excluding hydrogens is 378 g/mol. The maximum absolute atomic E-state index is 12.7. The third-order valence-electron chi connectivity index (χ3n) is 6.13. The minimum atomic E-state index is 0.0872. The zero-order valence-electron chi connectivity index (χ0n) is 17.6. The molecule has 2 atom stereocenters. The van der Waals surface area contributed by atoms with E-state index in [4.69, 9.17) is 9.72 Å². The van der Waals surface area contributed by atoms with Gasteiger partial charge in [0.2, 0.25) is 0 Å². The van der Waals surface area contributed by atoms with Crippen molar-refractivity contribution in [1.82, 2.24) is 20.3 Å². The number of carbonyl (C=O) groups excluding carboxylic acids is 1. The van der Waals surface area contributed by atoms with Gasteiger partial charge < -0.3 is 15.4 Å². The van der Waals surface area contributed by atoms with Gasteiger partial charge in [-0.2, -0.15) is 0 Å². The summed E-state index contributed by atoms with van der Waals surface area (Å²) in [6.45, 7) is 5.50. The molecule has 7 heteroatoms. The SMILES string of the molecule is C[C@@H]1CC[C@@H](C(=O)Cc2cc(-c3cncc(NCC4CCOCC4)n3)ccn2)CN1. The summed E-state index contributed by atoms with van der Waals surface area (Å²) in [7, 11) is 0. The van der Waals surface area contributed by atoms with Crippen molar-refractivity contribution in [3.8, 4) is 11.3 Å². The first kappa shape index (κ1) is 20.9. The molecule has 0 unspecified atom stereocenters. The van der Waals surface area contributed by atoms with Gasteiger partial charge in [-0.1, -0.05) is 0 Å². The lowest BCUT2D eigenvalue weighted by Gasteiger charge is -2.26. The van der Waals surface area contributed by atoms with Crippen LogP contribution in [0.15, 0.2) is 30.7 Å². The normalized spacial score (nSPS) is 22.6. The van der Waals surface area contributed by atoms with Crippen LogP contribution in [0.1, 0.15) is 38.3 Å². The Morgan fingerprint density at radius 2 is 2.10 bits per heavy atom. The number of ketones is 1. The van der Waals surface area contributed by atoms with Crippen LogP contribution in [0, 0.1) is 11.8 Å². The Labute approximate surface area is 178 Å². The number of piperidine rings is 1. The van der Waals surface area contributed by atoms with Crippen molar-refractivity contribution >= 4 is 11.6 Å². The second kappa shape index (κ2) is 10.1. The van der Waals surface area contributed by atoms with Crippen LogP contribution in [0.3, 0.4) is 0 Å². The zero-order valence-corrected chi connectivity index (χ0v) is 17.6. The van der Waals surface area contributed by atoms with E-state index in [1.807, 2.05) is 12.1 Å². The van der Waals surface area contributed by atoms with E-state index in [-0.39, 0.29) is 11.7 Å². The summed E-state index contributed by atoms with van der Waals surface area (Å²) in [4.78, 5) is 26.2. The summed E-state index contributed by atoms with van der Waals surface area (Å²) in [6, 6.07) is 4.38. The number of carbonyl (C=O) groups is 1. The first-order valence-corrected chi connectivity index (χ1v) is 11.0. The number of nitrogens with zero attached hydrogens (tertiary/aromatic N) is 3. The Morgan fingerprint density at radius 3 is 2.90 bits per heavy atom. The van der Waals surface area contributed by atoms with Crippen LogP contribution < -0.4 is 10.6 Å². The van der Waals surface area contributed by atoms with Crippen LogP contribution in [0.4, 0.5) is 5.82 Å². The Hall–Kier alpha value is -2.38. The van der Waals surface area contributed by atoms with Crippen molar-refractivity contribution in [1.29, 1.82) is 0 Å². The fraction of sp³-hybridized carbons (Fsp3) is 0.565. The third kappa shape index (κ3) is 5.61. The molecule has 2 aliphatic heterocycles. The number of ether oxygens (including phenoxy) is 1. The molecule has 0 saturated carbocycles. The lowest BCUT2D eigenvalue weighted by atomic mass is 9.90. The molecule has 2 aromatic rings. The van der Waals surface area contributed by atoms with Crippen molar-refractivity contribution in [3.05, 3.63) is 36.4 Å². The van der Waals surface area contributed by atoms with E-state index in [9.17, 15) is 4.79 Å². The molecule has 0 bridgehead atoms. The maximum Gasteiger partial charge on any atom is 0.145 e. The maximum atomic E-state index is 12.7. The van der Waals surface area contributed by atoms with Gasteiger partial charge in [-0.05, 0) is 50.7 Å². The first-order valence-electron chi connectivity index (χ1n) is 11.0. The van der Waals surface area contributed by atoms with Gasteiger partial charge >= 0.3 is 0 Å². The fourth-order valence-electron chi connectivity index (χ4n) is 4.12. The summed E-state index contributed by atoms with van der Waals surface area (Å²) in [5.74, 6) is 1.73. The Morgan fingerprint density at radius 1 is 1.23 bits per heavy atom. The molecule has 0 aliphatic carbocycles.